The predicted octanol–water partition coefficient (Wildman–Crippen LogP) is 5.22. The van der Waals surface area contributed by atoms with Gasteiger partial charge in [0, 0.05) is 37.9 Å². The fourth-order valence-corrected chi connectivity index (χ4v) is 8.49. The molecule has 8 nitrogen and oxygen atoms in total. The van der Waals surface area contributed by atoms with Crippen LogP contribution in [0.4, 0.5) is 4.79 Å². The molecule has 7 atom stereocenters. The van der Waals surface area contributed by atoms with Crippen molar-refractivity contribution >= 4 is 29.4 Å². The van der Waals surface area contributed by atoms with Crippen LogP contribution in [0.1, 0.15) is 91.4 Å². The number of nitrogens with one attached hydrogen (secondary N) is 1. The molecule has 9 heteroatoms. The van der Waals surface area contributed by atoms with E-state index < -0.39 is 0 Å². The van der Waals surface area contributed by atoms with Crippen molar-refractivity contribution in [2.75, 3.05) is 26.7 Å². The SMILES string of the molecule is COC1CCC(C2=N[C@H](C3CCC(Cl)CC3)[C@H](C3CCCC(C)C3)N2C(=O)N2CCNC(=O)C2)C(OC(C)C)C1. The number of carbonyl (C=O) groups is 2. The van der Waals surface area contributed by atoms with Gasteiger partial charge in [-0.3, -0.25) is 14.7 Å². The van der Waals surface area contributed by atoms with Crippen LogP contribution in [0.5, 0.6) is 0 Å². The first-order valence-corrected chi connectivity index (χ1v) is 16.4. The minimum absolute atomic E-state index is 0.0342. The zero-order chi connectivity index (χ0) is 28.4. The molecule has 3 amide bonds. The van der Waals surface area contributed by atoms with E-state index >= 15 is 0 Å². The lowest BCUT2D eigenvalue weighted by molar-refractivity contribution is -0.123. The average molecular weight is 579 g/mol. The summed E-state index contributed by atoms with van der Waals surface area (Å²) in [4.78, 5) is 36.4. The van der Waals surface area contributed by atoms with E-state index in [0.717, 1.165) is 63.6 Å². The van der Waals surface area contributed by atoms with E-state index in [-0.39, 0.29) is 60.2 Å². The van der Waals surface area contributed by atoms with Crippen LogP contribution in [0.3, 0.4) is 0 Å². The van der Waals surface area contributed by atoms with E-state index in [9.17, 15) is 9.59 Å². The van der Waals surface area contributed by atoms with Gasteiger partial charge in [0.15, 0.2) is 0 Å². The van der Waals surface area contributed by atoms with Crippen LogP contribution in [-0.4, -0.2) is 90.1 Å². The van der Waals surface area contributed by atoms with E-state index in [2.05, 4.69) is 31.0 Å². The molecule has 5 aliphatic rings. The minimum atomic E-state index is -0.0845. The highest BCUT2D eigenvalue weighted by Crippen LogP contribution is 2.45. The molecule has 3 aliphatic carbocycles. The summed E-state index contributed by atoms with van der Waals surface area (Å²) in [5, 5.41) is 3.13. The van der Waals surface area contributed by atoms with Crippen molar-refractivity contribution in [3.63, 3.8) is 0 Å². The number of amides is 3. The number of aliphatic imine (C=N–C) groups is 1. The molecule has 5 unspecified atom stereocenters. The molecule has 2 heterocycles. The van der Waals surface area contributed by atoms with Crippen LogP contribution in [0, 0.1) is 23.7 Å². The van der Waals surface area contributed by atoms with Gasteiger partial charge in [-0.1, -0.05) is 19.8 Å². The molecule has 40 heavy (non-hydrogen) atoms. The first kappa shape index (κ1) is 30.1. The van der Waals surface area contributed by atoms with Crippen molar-refractivity contribution in [2.24, 2.45) is 28.7 Å². The quantitative estimate of drug-likeness (QED) is 0.438. The van der Waals surface area contributed by atoms with Crippen molar-refractivity contribution in [1.82, 2.24) is 15.1 Å². The zero-order valence-corrected chi connectivity index (χ0v) is 25.8. The first-order chi connectivity index (χ1) is 19.2. The van der Waals surface area contributed by atoms with Crippen LogP contribution >= 0.6 is 11.6 Å². The number of ether oxygens (including phenoxy) is 2. The Kier molecular flexibility index (Phi) is 9.99. The van der Waals surface area contributed by atoms with Gasteiger partial charge < -0.3 is 19.7 Å². The van der Waals surface area contributed by atoms with Crippen molar-refractivity contribution in [1.29, 1.82) is 0 Å². The van der Waals surface area contributed by atoms with Crippen LogP contribution in [0.2, 0.25) is 0 Å². The highest BCUT2D eigenvalue weighted by Gasteiger charge is 2.52. The van der Waals surface area contributed by atoms with Crippen molar-refractivity contribution in [2.45, 2.75) is 127 Å². The second-order valence-electron chi connectivity index (χ2n) is 13.4. The average Bonchev–Trinajstić information content (AvgIpc) is 3.33. The van der Waals surface area contributed by atoms with Crippen molar-refractivity contribution in [3.05, 3.63) is 0 Å². The van der Waals surface area contributed by atoms with Crippen LogP contribution in [0.15, 0.2) is 4.99 Å². The molecule has 0 bridgehead atoms. The zero-order valence-electron chi connectivity index (χ0n) is 25.0. The Hall–Kier alpha value is -1.38. The second-order valence-corrected chi connectivity index (χ2v) is 14.1. The molecule has 2 aliphatic heterocycles. The van der Waals surface area contributed by atoms with Crippen molar-refractivity contribution < 1.29 is 19.1 Å². The number of amidine groups is 1. The van der Waals surface area contributed by atoms with Crippen LogP contribution < -0.4 is 5.32 Å². The summed E-state index contributed by atoms with van der Waals surface area (Å²) in [5.74, 6) is 2.35. The van der Waals surface area contributed by atoms with E-state index in [1.165, 1.54) is 12.8 Å². The van der Waals surface area contributed by atoms with E-state index in [0.29, 0.717) is 30.8 Å². The van der Waals surface area contributed by atoms with Crippen molar-refractivity contribution in [3.8, 4) is 0 Å². The van der Waals surface area contributed by atoms with Gasteiger partial charge in [-0.25, -0.2) is 4.79 Å². The number of methoxy groups -OCH3 is 1. The molecule has 3 saturated carbocycles. The topological polar surface area (TPSA) is 83.5 Å². The standard InChI is InChI=1S/C31H51ClN4O4/c1-19(2)40-26-17-24(39-4)12-13-25(26)30-34-28(21-8-10-23(32)11-9-21)29(22-7-5-6-20(3)16-22)36(30)31(38)35-15-14-33-27(37)18-35/h19-26,28-29H,5-18H2,1-4H3,(H,33,37)/t20?,21?,22?,23?,24?,25?,26?,28-,29+/m1/s1. The largest absolute Gasteiger partial charge is 0.381 e. The summed E-state index contributed by atoms with van der Waals surface area (Å²) >= 11 is 6.56. The Bertz CT molecular complexity index is 923. The monoisotopic (exact) mass is 578 g/mol. The third-order valence-corrected chi connectivity index (χ3v) is 10.6. The number of nitrogens with zero attached hydrogens (tertiary/aromatic N) is 3. The Balaban J connectivity index is 1.54. The summed E-state index contributed by atoms with van der Waals surface area (Å²) < 4.78 is 12.3. The van der Waals surface area contributed by atoms with Gasteiger partial charge in [0.2, 0.25) is 5.91 Å². The van der Waals surface area contributed by atoms with Gasteiger partial charge in [-0.2, -0.15) is 0 Å². The molecule has 0 spiro atoms. The summed E-state index contributed by atoms with van der Waals surface area (Å²) in [7, 11) is 1.78. The number of rotatable bonds is 6. The molecule has 5 rings (SSSR count). The molecule has 0 aromatic rings. The fraction of sp³-hybridized carbons (Fsp3) is 0.903. The molecular formula is C31H51ClN4O4. The second kappa shape index (κ2) is 13.3. The maximum absolute atomic E-state index is 14.6. The summed E-state index contributed by atoms with van der Waals surface area (Å²) in [5.41, 5.74) is 0. The first-order valence-electron chi connectivity index (χ1n) is 16.0. The van der Waals surface area contributed by atoms with Crippen LogP contribution in [-0.2, 0) is 14.3 Å². The minimum Gasteiger partial charge on any atom is -0.381 e. The molecule has 1 saturated heterocycles. The number of hydrogen-bond acceptors (Lipinski definition) is 5. The lowest BCUT2D eigenvalue weighted by Gasteiger charge is -2.44. The molecule has 0 aromatic carbocycles. The van der Waals surface area contributed by atoms with Gasteiger partial charge in [-0.05, 0) is 83.0 Å². The van der Waals surface area contributed by atoms with E-state index in [1.54, 1.807) is 12.0 Å². The molecule has 226 valence electrons. The molecular weight excluding hydrogens is 528 g/mol. The number of piperazine rings is 1. The Morgan fingerprint density at radius 1 is 1.05 bits per heavy atom. The number of urea groups is 1. The summed E-state index contributed by atoms with van der Waals surface area (Å²) in [6, 6.07) is 0.0753. The molecule has 4 fully saturated rings. The summed E-state index contributed by atoms with van der Waals surface area (Å²) in [6.45, 7) is 7.67. The van der Waals surface area contributed by atoms with Crippen LogP contribution in [0.25, 0.3) is 0 Å². The maximum Gasteiger partial charge on any atom is 0.326 e. The number of halogens is 1. The maximum atomic E-state index is 14.6. The molecule has 0 radical (unpaired) electrons. The normalized spacial score (nSPS) is 39.3. The number of hydrogen-bond donors (Lipinski definition) is 1. The predicted molar refractivity (Wildman–Crippen MR) is 158 cm³/mol. The molecule has 0 aromatic heterocycles. The Morgan fingerprint density at radius 2 is 1.82 bits per heavy atom. The third-order valence-electron chi connectivity index (χ3n) is 10.2. The summed E-state index contributed by atoms with van der Waals surface area (Å²) in [6.07, 6.45) is 11.7. The Labute approximate surface area is 245 Å². The Morgan fingerprint density at radius 3 is 2.50 bits per heavy atom. The third kappa shape index (κ3) is 6.64. The van der Waals surface area contributed by atoms with Gasteiger partial charge in [0.25, 0.3) is 0 Å². The highest BCUT2D eigenvalue weighted by atomic mass is 35.5. The van der Waals surface area contributed by atoms with Gasteiger partial charge in [0.1, 0.15) is 12.4 Å². The number of alkyl halides is 1. The lowest BCUT2D eigenvalue weighted by atomic mass is 9.72. The number of carbonyl (C=O) groups excluding carboxylic acids is 2. The van der Waals surface area contributed by atoms with Gasteiger partial charge >= 0.3 is 6.03 Å². The fourth-order valence-electron chi connectivity index (χ4n) is 8.24. The van der Waals surface area contributed by atoms with E-state index in [4.69, 9.17) is 26.1 Å². The van der Waals surface area contributed by atoms with Gasteiger partial charge in [0.05, 0.1) is 30.4 Å². The van der Waals surface area contributed by atoms with E-state index in [1.807, 2.05) is 0 Å². The van der Waals surface area contributed by atoms with Gasteiger partial charge in [-0.15, -0.1) is 11.6 Å². The molecule has 1 N–H and O–H groups in total. The smallest absolute Gasteiger partial charge is 0.326 e. The lowest BCUT2D eigenvalue weighted by Crippen LogP contribution is -2.60. The highest BCUT2D eigenvalue weighted by molar-refractivity contribution is 6.20.